The summed E-state index contributed by atoms with van der Waals surface area (Å²) in [5, 5.41) is 30.5. The molecule has 1 aromatic carbocycles. The molecule has 1 atom stereocenters. The molecule has 3 aromatic heterocycles. The SMILES string of the molecule is CN(C)C(=O)Cn1cc(NC(=O)c2cnn3cccnc23)c(-c2cc(C(O)CO)ccc2OC(F)F)n1. The van der Waals surface area contributed by atoms with Gasteiger partial charge in [-0.2, -0.15) is 19.0 Å². The third kappa shape index (κ3) is 5.54. The van der Waals surface area contributed by atoms with Crippen molar-refractivity contribution in [2.24, 2.45) is 0 Å². The average molecular weight is 515 g/mol. The summed E-state index contributed by atoms with van der Waals surface area (Å²) >= 11 is 0. The first kappa shape index (κ1) is 25.7. The number of rotatable bonds is 9. The van der Waals surface area contributed by atoms with E-state index in [1.165, 1.54) is 50.9 Å². The topological polar surface area (TPSA) is 147 Å². The van der Waals surface area contributed by atoms with E-state index in [2.05, 4.69) is 25.2 Å². The number of halogens is 2. The summed E-state index contributed by atoms with van der Waals surface area (Å²) in [5.74, 6) is -1.22. The predicted octanol–water partition coefficient (Wildman–Crippen LogP) is 1.56. The summed E-state index contributed by atoms with van der Waals surface area (Å²) in [6.45, 7) is -4.00. The zero-order chi connectivity index (χ0) is 26.7. The molecular formula is C23H23F2N7O5. The van der Waals surface area contributed by atoms with Gasteiger partial charge in [-0.25, -0.2) is 9.50 Å². The van der Waals surface area contributed by atoms with E-state index in [-0.39, 0.29) is 51.9 Å². The van der Waals surface area contributed by atoms with Crippen LogP contribution in [0.25, 0.3) is 16.9 Å². The first-order valence-electron chi connectivity index (χ1n) is 10.9. The van der Waals surface area contributed by atoms with Crippen LogP contribution in [0.4, 0.5) is 14.5 Å². The van der Waals surface area contributed by atoms with Gasteiger partial charge < -0.3 is 25.2 Å². The van der Waals surface area contributed by atoms with Crippen LogP contribution in [0.5, 0.6) is 5.75 Å². The van der Waals surface area contributed by atoms with Gasteiger partial charge in [-0.15, -0.1) is 0 Å². The van der Waals surface area contributed by atoms with Crippen LogP contribution in [0.3, 0.4) is 0 Å². The largest absolute Gasteiger partial charge is 0.434 e. The minimum Gasteiger partial charge on any atom is -0.434 e. The number of carbonyl (C=O) groups is 2. The number of anilines is 1. The summed E-state index contributed by atoms with van der Waals surface area (Å²) in [7, 11) is 3.11. The standard InChI is InChI=1S/C23H23F2N7O5/c1-30(2)19(35)11-31-10-16(28-22(36)15-9-27-32-7-3-6-26-21(15)32)20(29-31)14-8-13(17(34)12-33)4-5-18(14)37-23(24)25/h3-10,17,23,33-34H,11-12H2,1-2H3,(H,28,36). The van der Waals surface area contributed by atoms with Crippen molar-refractivity contribution in [2.75, 3.05) is 26.0 Å². The molecule has 3 heterocycles. The molecule has 1 unspecified atom stereocenters. The number of alkyl halides is 2. The fraction of sp³-hybridized carbons (Fsp3) is 0.261. The number of aliphatic hydroxyl groups excluding tert-OH is 2. The van der Waals surface area contributed by atoms with Crippen LogP contribution < -0.4 is 10.1 Å². The summed E-state index contributed by atoms with van der Waals surface area (Å²) in [6, 6.07) is 5.47. The Kier molecular flexibility index (Phi) is 7.40. The fourth-order valence-corrected chi connectivity index (χ4v) is 3.49. The number of carbonyl (C=O) groups excluding carboxylic acids is 2. The molecule has 194 valence electrons. The average Bonchev–Trinajstić information content (AvgIpc) is 3.47. The molecule has 12 nitrogen and oxygen atoms in total. The van der Waals surface area contributed by atoms with Crippen molar-refractivity contribution >= 4 is 23.1 Å². The monoisotopic (exact) mass is 515 g/mol. The third-order valence-corrected chi connectivity index (χ3v) is 5.36. The Morgan fingerprint density at radius 3 is 2.76 bits per heavy atom. The highest BCUT2D eigenvalue weighted by Crippen LogP contribution is 2.37. The second kappa shape index (κ2) is 10.7. The molecule has 14 heteroatoms. The first-order chi connectivity index (χ1) is 17.7. The van der Waals surface area contributed by atoms with Crippen LogP contribution in [-0.4, -0.2) is 78.6 Å². The maximum absolute atomic E-state index is 13.2. The summed E-state index contributed by atoms with van der Waals surface area (Å²) < 4.78 is 33.7. The minimum atomic E-state index is -3.17. The van der Waals surface area contributed by atoms with E-state index in [9.17, 15) is 28.6 Å². The van der Waals surface area contributed by atoms with Gasteiger partial charge in [0.1, 0.15) is 29.7 Å². The number of amides is 2. The van der Waals surface area contributed by atoms with Gasteiger partial charge in [-0.3, -0.25) is 14.3 Å². The van der Waals surface area contributed by atoms with Crippen molar-refractivity contribution in [1.82, 2.24) is 29.3 Å². The molecule has 37 heavy (non-hydrogen) atoms. The molecule has 0 aliphatic heterocycles. The molecule has 0 radical (unpaired) electrons. The van der Waals surface area contributed by atoms with Gasteiger partial charge in [0.25, 0.3) is 5.91 Å². The van der Waals surface area contributed by atoms with Crippen molar-refractivity contribution in [3.63, 3.8) is 0 Å². The molecule has 0 fully saturated rings. The maximum Gasteiger partial charge on any atom is 0.387 e. The van der Waals surface area contributed by atoms with Crippen molar-refractivity contribution in [3.05, 3.63) is 60.2 Å². The summed E-state index contributed by atoms with van der Waals surface area (Å²) in [4.78, 5) is 30.9. The highest BCUT2D eigenvalue weighted by molar-refractivity contribution is 6.09. The fourth-order valence-electron chi connectivity index (χ4n) is 3.49. The molecule has 2 amide bonds. The second-order valence-electron chi connectivity index (χ2n) is 8.11. The highest BCUT2D eigenvalue weighted by atomic mass is 19.3. The zero-order valence-electron chi connectivity index (χ0n) is 19.7. The minimum absolute atomic E-state index is 0.00496. The molecule has 0 saturated heterocycles. The van der Waals surface area contributed by atoms with Crippen LogP contribution in [-0.2, 0) is 11.3 Å². The lowest BCUT2D eigenvalue weighted by atomic mass is 10.0. The van der Waals surface area contributed by atoms with E-state index < -0.39 is 25.2 Å². The van der Waals surface area contributed by atoms with Crippen molar-refractivity contribution in [2.45, 2.75) is 19.3 Å². The van der Waals surface area contributed by atoms with Crippen molar-refractivity contribution in [1.29, 1.82) is 0 Å². The Morgan fingerprint density at radius 1 is 1.27 bits per heavy atom. The molecule has 4 rings (SSSR count). The number of ether oxygens (including phenoxy) is 1. The Morgan fingerprint density at radius 2 is 2.05 bits per heavy atom. The van der Waals surface area contributed by atoms with E-state index in [0.29, 0.717) is 0 Å². The number of nitrogens with zero attached hydrogens (tertiary/aromatic N) is 6. The van der Waals surface area contributed by atoms with E-state index in [4.69, 9.17) is 0 Å². The zero-order valence-corrected chi connectivity index (χ0v) is 19.7. The summed E-state index contributed by atoms with van der Waals surface area (Å²) in [5.41, 5.74) is 0.675. The van der Waals surface area contributed by atoms with E-state index in [0.717, 1.165) is 0 Å². The van der Waals surface area contributed by atoms with Crippen LogP contribution in [0.1, 0.15) is 22.0 Å². The van der Waals surface area contributed by atoms with E-state index in [1.807, 2.05) is 0 Å². The molecule has 0 spiro atoms. The van der Waals surface area contributed by atoms with Gasteiger partial charge in [0.2, 0.25) is 5.91 Å². The third-order valence-electron chi connectivity index (χ3n) is 5.36. The number of hydrogen-bond acceptors (Lipinski definition) is 8. The predicted molar refractivity (Wildman–Crippen MR) is 126 cm³/mol. The van der Waals surface area contributed by atoms with E-state index in [1.54, 1.807) is 26.4 Å². The van der Waals surface area contributed by atoms with Gasteiger partial charge in [0, 0.05) is 38.2 Å². The van der Waals surface area contributed by atoms with Gasteiger partial charge in [0.15, 0.2) is 5.65 Å². The maximum atomic E-state index is 13.2. The van der Waals surface area contributed by atoms with Crippen LogP contribution in [0.15, 0.2) is 49.1 Å². The molecular weight excluding hydrogens is 492 g/mol. The Bertz CT molecular complexity index is 1440. The van der Waals surface area contributed by atoms with Crippen molar-refractivity contribution in [3.8, 4) is 17.0 Å². The Hall–Kier alpha value is -4.43. The second-order valence-corrected chi connectivity index (χ2v) is 8.11. The molecule has 0 bridgehead atoms. The molecule has 3 N–H and O–H groups in total. The highest BCUT2D eigenvalue weighted by Gasteiger charge is 2.23. The van der Waals surface area contributed by atoms with Crippen molar-refractivity contribution < 1.29 is 33.3 Å². The van der Waals surface area contributed by atoms with Gasteiger partial charge >= 0.3 is 6.61 Å². The van der Waals surface area contributed by atoms with Gasteiger partial charge in [-0.1, -0.05) is 6.07 Å². The van der Waals surface area contributed by atoms with Crippen LogP contribution in [0, 0.1) is 0 Å². The van der Waals surface area contributed by atoms with Crippen LogP contribution in [0.2, 0.25) is 0 Å². The van der Waals surface area contributed by atoms with Gasteiger partial charge in [0.05, 0.1) is 18.5 Å². The van der Waals surface area contributed by atoms with Gasteiger partial charge in [-0.05, 0) is 23.8 Å². The number of hydrogen-bond donors (Lipinski definition) is 3. The number of fused-ring (bicyclic) bond motifs is 1. The molecule has 4 aromatic rings. The lowest BCUT2D eigenvalue weighted by molar-refractivity contribution is -0.129. The van der Waals surface area contributed by atoms with Crippen LogP contribution >= 0.6 is 0 Å². The summed E-state index contributed by atoms with van der Waals surface area (Å²) in [6.07, 6.45) is 4.49. The molecule has 0 saturated carbocycles. The Balaban J connectivity index is 1.81. The molecule has 0 aliphatic rings. The normalized spacial score (nSPS) is 12.1. The Labute approximate surface area is 208 Å². The number of aliphatic hydroxyl groups is 2. The number of nitrogens with one attached hydrogen (secondary N) is 1. The smallest absolute Gasteiger partial charge is 0.387 e. The van der Waals surface area contributed by atoms with E-state index >= 15 is 0 Å². The number of benzene rings is 1. The first-order valence-corrected chi connectivity index (χ1v) is 10.9. The lowest BCUT2D eigenvalue weighted by Gasteiger charge is -2.14. The number of likely N-dealkylation sites (N-methyl/N-ethyl adjacent to an activating group) is 1. The quantitative estimate of drug-likeness (QED) is 0.304. The lowest BCUT2D eigenvalue weighted by Crippen LogP contribution is -2.26. The molecule has 0 aliphatic carbocycles. The number of aromatic nitrogens is 5.